The Bertz CT molecular complexity index is 422. The maximum absolute atomic E-state index is 10.3. The van der Waals surface area contributed by atoms with E-state index >= 15 is 0 Å². The quantitative estimate of drug-likeness (QED) is 0.864. The van der Waals surface area contributed by atoms with Gasteiger partial charge in [-0.3, -0.25) is 4.90 Å². The normalized spacial score (nSPS) is 22.6. The summed E-state index contributed by atoms with van der Waals surface area (Å²) >= 11 is 0. The molecule has 0 aromatic heterocycles. The van der Waals surface area contributed by atoms with E-state index in [1.54, 1.807) is 0 Å². The van der Waals surface area contributed by atoms with Crippen LogP contribution in [0.4, 0.5) is 0 Å². The third-order valence-corrected chi connectivity index (χ3v) is 4.00. The van der Waals surface area contributed by atoms with Crippen molar-refractivity contribution < 1.29 is 9.84 Å². The van der Waals surface area contributed by atoms with Gasteiger partial charge in [0.2, 0.25) is 0 Å². The van der Waals surface area contributed by atoms with Crippen LogP contribution in [-0.2, 0) is 6.54 Å². The van der Waals surface area contributed by atoms with E-state index in [-0.39, 0.29) is 5.60 Å². The van der Waals surface area contributed by atoms with Gasteiger partial charge in [-0.1, -0.05) is 18.2 Å². The van der Waals surface area contributed by atoms with Gasteiger partial charge >= 0.3 is 0 Å². The number of nitrogens with zero attached hydrogens (tertiary/aromatic N) is 1. The van der Waals surface area contributed by atoms with Crippen LogP contribution in [0, 0.1) is 5.92 Å². The molecule has 1 aliphatic carbocycles. The standard InChI is InChI=1S/C15H21NO2/c1-2-18-14-6-4-3-5-12(14)9-16-10-15(17,11-16)13-7-8-13/h3-6,13,17H,2,7-11H2,1H3. The highest BCUT2D eigenvalue weighted by Crippen LogP contribution is 2.45. The summed E-state index contributed by atoms with van der Waals surface area (Å²) < 4.78 is 5.63. The molecule has 1 aromatic rings. The molecule has 1 N–H and O–H groups in total. The van der Waals surface area contributed by atoms with Crippen molar-refractivity contribution in [1.29, 1.82) is 0 Å². The first-order chi connectivity index (χ1) is 8.71. The minimum absolute atomic E-state index is 0.388. The second kappa shape index (κ2) is 4.56. The molecule has 0 radical (unpaired) electrons. The number of ether oxygens (including phenoxy) is 1. The number of rotatable bonds is 5. The minimum Gasteiger partial charge on any atom is -0.494 e. The van der Waals surface area contributed by atoms with E-state index in [0.717, 1.165) is 25.4 Å². The van der Waals surface area contributed by atoms with Gasteiger partial charge < -0.3 is 9.84 Å². The number of β-amino-alcohol motifs (C(OH)–C–C–N with tert-alkyl or cyclic N) is 1. The third-order valence-electron chi connectivity index (χ3n) is 4.00. The predicted octanol–water partition coefficient (Wildman–Crippen LogP) is 2.04. The summed E-state index contributed by atoms with van der Waals surface area (Å²) in [4.78, 5) is 2.30. The highest BCUT2D eigenvalue weighted by Gasteiger charge is 2.51. The Morgan fingerprint density at radius 1 is 1.33 bits per heavy atom. The van der Waals surface area contributed by atoms with Crippen LogP contribution in [0.25, 0.3) is 0 Å². The summed E-state index contributed by atoms with van der Waals surface area (Å²) in [6, 6.07) is 8.18. The van der Waals surface area contributed by atoms with Crippen LogP contribution in [0.5, 0.6) is 5.75 Å². The van der Waals surface area contributed by atoms with E-state index in [1.165, 1.54) is 18.4 Å². The fourth-order valence-electron chi connectivity index (χ4n) is 2.89. The summed E-state index contributed by atoms with van der Waals surface area (Å²) in [5.41, 5.74) is 0.831. The number of benzene rings is 1. The first kappa shape index (κ1) is 12.0. The monoisotopic (exact) mass is 247 g/mol. The van der Waals surface area contributed by atoms with E-state index < -0.39 is 0 Å². The molecule has 0 unspecified atom stereocenters. The van der Waals surface area contributed by atoms with E-state index in [9.17, 15) is 5.11 Å². The molecule has 1 heterocycles. The van der Waals surface area contributed by atoms with Gasteiger partial charge in [0.1, 0.15) is 5.75 Å². The van der Waals surface area contributed by atoms with Gasteiger partial charge in [-0.05, 0) is 31.7 Å². The van der Waals surface area contributed by atoms with Crippen molar-refractivity contribution in [3.05, 3.63) is 29.8 Å². The molecule has 18 heavy (non-hydrogen) atoms. The Morgan fingerprint density at radius 2 is 2.06 bits per heavy atom. The lowest BCUT2D eigenvalue weighted by Crippen LogP contribution is -2.62. The van der Waals surface area contributed by atoms with E-state index in [2.05, 4.69) is 11.0 Å². The fourth-order valence-corrected chi connectivity index (χ4v) is 2.89. The molecule has 0 spiro atoms. The third kappa shape index (κ3) is 2.25. The first-order valence-corrected chi connectivity index (χ1v) is 6.87. The minimum atomic E-state index is -0.388. The van der Waals surface area contributed by atoms with Gasteiger partial charge in [0, 0.05) is 25.2 Å². The largest absolute Gasteiger partial charge is 0.494 e. The Morgan fingerprint density at radius 3 is 2.72 bits per heavy atom. The molecule has 0 atom stereocenters. The number of hydrogen-bond acceptors (Lipinski definition) is 3. The molecule has 1 aliphatic heterocycles. The highest BCUT2D eigenvalue weighted by atomic mass is 16.5. The molecule has 0 amide bonds. The number of hydrogen-bond donors (Lipinski definition) is 1. The first-order valence-electron chi connectivity index (χ1n) is 6.87. The molecule has 3 heteroatoms. The summed E-state index contributed by atoms with van der Waals surface area (Å²) in [6.07, 6.45) is 2.42. The van der Waals surface area contributed by atoms with Gasteiger partial charge in [-0.2, -0.15) is 0 Å². The zero-order valence-corrected chi connectivity index (χ0v) is 10.9. The summed E-state index contributed by atoms with van der Waals surface area (Å²) in [7, 11) is 0. The van der Waals surface area contributed by atoms with Gasteiger partial charge in [-0.25, -0.2) is 0 Å². The molecule has 2 aliphatic rings. The molecule has 3 rings (SSSR count). The van der Waals surface area contributed by atoms with Crippen LogP contribution in [-0.4, -0.2) is 35.3 Å². The zero-order valence-electron chi connectivity index (χ0n) is 10.9. The van der Waals surface area contributed by atoms with Crippen molar-refractivity contribution >= 4 is 0 Å². The summed E-state index contributed by atoms with van der Waals surface area (Å²) in [5, 5.41) is 10.3. The van der Waals surface area contributed by atoms with Gasteiger partial charge in [-0.15, -0.1) is 0 Å². The molecular formula is C15H21NO2. The molecular weight excluding hydrogens is 226 g/mol. The van der Waals surface area contributed by atoms with E-state index in [1.807, 2.05) is 25.1 Å². The average Bonchev–Trinajstić information content (AvgIpc) is 3.14. The van der Waals surface area contributed by atoms with Gasteiger partial charge in [0.05, 0.1) is 12.2 Å². The maximum Gasteiger partial charge on any atom is 0.123 e. The molecule has 2 fully saturated rings. The Kier molecular flexibility index (Phi) is 3.04. The van der Waals surface area contributed by atoms with Crippen molar-refractivity contribution in [2.75, 3.05) is 19.7 Å². The lowest BCUT2D eigenvalue weighted by Gasteiger charge is -2.47. The topological polar surface area (TPSA) is 32.7 Å². The molecule has 0 bridgehead atoms. The zero-order chi connectivity index (χ0) is 12.6. The lowest BCUT2D eigenvalue weighted by atomic mass is 9.88. The van der Waals surface area contributed by atoms with E-state index in [0.29, 0.717) is 12.5 Å². The fraction of sp³-hybridized carbons (Fsp3) is 0.600. The molecule has 98 valence electrons. The van der Waals surface area contributed by atoms with Crippen molar-refractivity contribution in [2.45, 2.75) is 31.9 Å². The SMILES string of the molecule is CCOc1ccccc1CN1CC(O)(C2CC2)C1. The molecule has 3 nitrogen and oxygen atoms in total. The number of likely N-dealkylation sites (tertiary alicyclic amines) is 1. The lowest BCUT2D eigenvalue weighted by molar-refractivity contribution is -0.116. The molecule has 1 saturated carbocycles. The number of para-hydroxylation sites is 1. The van der Waals surface area contributed by atoms with Gasteiger partial charge in [0.15, 0.2) is 0 Å². The Labute approximate surface area is 108 Å². The summed E-state index contributed by atoms with van der Waals surface area (Å²) in [5.74, 6) is 1.54. The van der Waals surface area contributed by atoms with Crippen LogP contribution in [0.2, 0.25) is 0 Å². The smallest absolute Gasteiger partial charge is 0.123 e. The average molecular weight is 247 g/mol. The number of aliphatic hydroxyl groups is 1. The van der Waals surface area contributed by atoms with Crippen LogP contribution >= 0.6 is 0 Å². The van der Waals surface area contributed by atoms with Crippen molar-refractivity contribution in [3.63, 3.8) is 0 Å². The predicted molar refractivity (Wildman–Crippen MR) is 70.6 cm³/mol. The Hall–Kier alpha value is -1.06. The molecule has 1 saturated heterocycles. The highest BCUT2D eigenvalue weighted by molar-refractivity contribution is 5.33. The van der Waals surface area contributed by atoms with Crippen molar-refractivity contribution in [3.8, 4) is 5.75 Å². The van der Waals surface area contributed by atoms with Crippen molar-refractivity contribution in [2.24, 2.45) is 5.92 Å². The molecule has 1 aromatic carbocycles. The van der Waals surface area contributed by atoms with Crippen LogP contribution in [0.15, 0.2) is 24.3 Å². The maximum atomic E-state index is 10.3. The van der Waals surface area contributed by atoms with Crippen LogP contribution in [0.3, 0.4) is 0 Å². The second-order valence-electron chi connectivity index (χ2n) is 5.56. The van der Waals surface area contributed by atoms with Crippen LogP contribution in [0.1, 0.15) is 25.3 Å². The second-order valence-corrected chi connectivity index (χ2v) is 5.56. The van der Waals surface area contributed by atoms with Crippen LogP contribution < -0.4 is 4.74 Å². The summed E-state index contributed by atoms with van der Waals surface area (Å²) in [6.45, 7) is 5.22. The van der Waals surface area contributed by atoms with Gasteiger partial charge in [0.25, 0.3) is 0 Å². The van der Waals surface area contributed by atoms with Crippen molar-refractivity contribution in [1.82, 2.24) is 4.90 Å². The van der Waals surface area contributed by atoms with E-state index in [4.69, 9.17) is 4.74 Å². The Balaban J connectivity index is 1.60.